The number of imidazole rings is 1. The van der Waals surface area contributed by atoms with Crippen molar-refractivity contribution in [1.29, 1.82) is 0 Å². The van der Waals surface area contributed by atoms with Gasteiger partial charge in [0.1, 0.15) is 6.33 Å². The highest BCUT2D eigenvalue weighted by atomic mass is 16.2. The fraction of sp³-hybridized carbons (Fsp3) is 0.107. The van der Waals surface area contributed by atoms with E-state index in [0.717, 1.165) is 28.1 Å². The molecule has 0 aliphatic carbocycles. The lowest BCUT2D eigenvalue weighted by molar-refractivity contribution is 0.0955. The van der Waals surface area contributed by atoms with E-state index < -0.39 is 0 Å². The van der Waals surface area contributed by atoms with Crippen LogP contribution in [-0.2, 0) is 13.0 Å². The lowest BCUT2D eigenvalue weighted by atomic mass is 10.0. The topological polar surface area (TPSA) is 87.6 Å². The van der Waals surface area contributed by atoms with Crippen LogP contribution in [0.4, 0.5) is 0 Å². The molecule has 0 spiro atoms. The largest absolute Gasteiger partial charge is 0.335 e. The maximum atomic E-state index is 13.3. The molecular formula is C28H24N6O2. The Morgan fingerprint density at radius 1 is 0.944 bits per heavy atom. The Kier molecular flexibility index (Phi) is 6.48. The van der Waals surface area contributed by atoms with Gasteiger partial charge in [-0.2, -0.15) is 4.68 Å². The van der Waals surface area contributed by atoms with Crippen LogP contribution < -0.4 is 5.69 Å². The van der Waals surface area contributed by atoms with E-state index in [4.69, 9.17) is 0 Å². The summed E-state index contributed by atoms with van der Waals surface area (Å²) in [6.07, 6.45) is 6.34. The number of allylic oxidation sites excluding steroid dienone is 1. The zero-order chi connectivity index (χ0) is 24.9. The van der Waals surface area contributed by atoms with Crippen molar-refractivity contribution < 1.29 is 4.79 Å². The van der Waals surface area contributed by atoms with Gasteiger partial charge in [0.15, 0.2) is 0 Å². The molecule has 178 valence electrons. The number of hydrogen-bond acceptors (Lipinski definition) is 5. The van der Waals surface area contributed by atoms with Gasteiger partial charge in [-0.1, -0.05) is 66.7 Å². The summed E-state index contributed by atoms with van der Waals surface area (Å²) < 4.78 is 4.49. The normalized spacial score (nSPS) is 10.9. The highest BCUT2D eigenvalue weighted by molar-refractivity contribution is 5.95. The lowest BCUT2D eigenvalue weighted by Gasteiger charge is -2.10. The molecule has 0 aliphatic heterocycles. The molecular weight excluding hydrogens is 452 g/mol. The third-order valence-electron chi connectivity index (χ3n) is 6.01. The Balaban J connectivity index is 1.46. The number of carbonyl (C=O) groups is 1. The first-order valence-electron chi connectivity index (χ1n) is 11.6. The highest BCUT2D eigenvalue weighted by Crippen LogP contribution is 2.26. The van der Waals surface area contributed by atoms with E-state index in [0.29, 0.717) is 24.9 Å². The average molecular weight is 477 g/mol. The van der Waals surface area contributed by atoms with E-state index in [9.17, 15) is 9.59 Å². The van der Waals surface area contributed by atoms with Crippen molar-refractivity contribution in [2.45, 2.75) is 19.4 Å². The van der Waals surface area contributed by atoms with Gasteiger partial charge in [0.2, 0.25) is 0 Å². The fourth-order valence-corrected chi connectivity index (χ4v) is 4.17. The summed E-state index contributed by atoms with van der Waals surface area (Å²) in [5, 5.41) is 11.5. The molecule has 0 atom stereocenters. The number of rotatable bonds is 8. The van der Waals surface area contributed by atoms with Gasteiger partial charge >= 0.3 is 5.69 Å². The minimum absolute atomic E-state index is 0.339. The van der Waals surface area contributed by atoms with Crippen molar-refractivity contribution in [2.75, 3.05) is 0 Å². The number of nitrogens with zero attached hydrogens (tertiary/aromatic N) is 6. The first kappa shape index (κ1) is 22.9. The standard InChI is InChI=1S/C28H24N6O2/c1-2-3-11-24-19-33(27(35)23-9-5-4-6-10-23)28(36)32(24)18-21-14-16-22(17-15-21)25-12-7-8-13-26(25)34-20-29-30-31-34/h2,4-10,12-17,19-20H,1,3,11,18H2. The average Bonchev–Trinajstić information content (AvgIpc) is 3.57. The number of tetrazole rings is 1. The summed E-state index contributed by atoms with van der Waals surface area (Å²) in [7, 11) is 0. The first-order chi connectivity index (χ1) is 17.7. The second kappa shape index (κ2) is 10.2. The Hall–Kier alpha value is -4.85. The van der Waals surface area contributed by atoms with Crippen LogP contribution in [-0.4, -0.2) is 35.2 Å². The van der Waals surface area contributed by atoms with Gasteiger partial charge in [-0.05, 0) is 52.6 Å². The second-order valence-corrected chi connectivity index (χ2v) is 8.33. The summed E-state index contributed by atoms with van der Waals surface area (Å²) in [5.41, 5.74) is 4.71. The Morgan fingerprint density at radius 2 is 1.69 bits per heavy atom. The molecule has 0 saturated carbocycles. The molecule has 0 fully saturated rings. The van der Waals surface area contributed by atoms with E-state index in [1.54, 1.807) is 46.0 Å². The van der Waals surface area contributed by atoms with Crippen LogP contribution in [0.15, 0.2) is 109 Å². The van der Waals surface area contributed by atoms with Crippen molar-refractivity contribution in [3.05, 3.63) is 131 Å². The van der Waals surface area contributed by atoms with Crippen molar-refractivity contribution in [3.63, 3.8) is 0 Å². The first-order valence-corrected chi connectivity index (χ1v) is 11.6. The van der Waals surface area contributed by atoms with Gasteiger partial charge in [0.25, 0.3) is 5.91 Å². The predicted octanol–water partition coefficient (Wildman–Crippen LogP) is 4.15. The molecule has 0 amide bonds. The Bertz CT molecular complexity index is 1550. The van der Waals surface area contributed by atoms with Crippen molar-refractivity contribution in [3.8, 4) is 16.8 Å². The summed E-state index contributed by atoms with van der Waals surface area (Å²) >= 11 is 0. The monoisotopic (exact) mass is 476 g/mol. The van der Waals surface area contributed by atoms with Crippen LogP contribution in [0, 0.1) is 0 Å². The van der Waals surface area contributed by atoms with E-state index >= 15 is 0 Å². The van der Waals surface area contributed by atoms with Gasteiger partial charge in [-0.25, -0.2) is 9.36 Å². The smallest absolute Gasteiger partial charge is 0.292 e. The van der Waals surface area contributed by atoms with Gasteiger partial charge < -0.3 is 0 Å². The van der Waals surface area contributed by atoms with Crippen molar-refractivity contribution >= 4 is 5.91 Å². The van der Waals surface area contributed by atoms with E-state index in [1.165, 1.54) is 4.57 Å². The second-order valence-electron chi connectivity index (χ2n) is 8.33. The van der Waals surface area contributed by atoms with Crippen molar-refractivity contribution in [1.82, 2.24) is 29.3 Å². The number of aryl methyl sites for hydroxylation is 1. The van der Waals surface area contributed by atoms with Crippen molar-refractivity contribution in [2.24, 2.45) is 0 Å². The highest BCUT2D eigenvalue weighted by Gasteiger charge is 2.18. The molecule has 2 aromatic heterocycles. The maximum Gasteiger partial charge on any atom is 0.335 e. The molecule has 8 nitrogen and oxygen atoms in total. The molecule has 5 rings (SSSR count). The van der Waals surface area contributed by atoms with E-state index in [2.05, 4.69) is 22.1 Å². The zero-order valence-corrected chi connectivity index (χ0v) is 19.6. The third kappa shape index (κ3) is 4.56. The van der Waals surface area contributed by atoms with E-state index in [1.807, 2.05) is 60.7 Å². The molecule has 0 unspecified atom stereocenters. The maximum absolute atomic E-state index is 13.3. The fourth-order valence-electron chi connectivity index (χ4n) is 4.17. The molecule has 0 aliphatic rings. The summed E-state index contributed by atoms with van der Waals surface area (Å²) in [5.74, 6) is -0.339. The lowest BCUT2D eigenvalue weighted by Crippen LogP contribution is -2.30. The molecule has 5 aromatic rings. The molecule has 2 heterocycles. The van der Waals surface area contributed by atoms with Gasteiger partial charge in [0, 0.05) is 23.0 Å². The van der Waals surface area contributed by atoms with Crippen LogP contribution in [0.5, 0.6) is 0 Å². The number of para-hydroxylation sites is 1. The molecule has 0 bridgehead atoms. The van der Waals surface area contributed by atoms with Crippen LogP contribution in [0.3, 0.4) is 0 Å². The summed E-state index contributed by atoms with van der Waals surface area (Å²) in [4.78, 5) is 26.3. The van der Waals surface area contributed by atoms with Gasteiger partial charge in [-0.15, -0.1) is 11.7 Å². The summed E-state index contributed by atoms with van der Waals surface area (Å²) in [6, 6.07) is 24.7. The minimum atomic E-state index is -0.351. The molecule has 3 aromatic carbocycles. The SMILES string of the molecule is C=CCCc1cn(C(=O)c2ccccc2)c(=O)n1Cc1ccc(-c2ccccc2-n2cnnn2)cc1. The molecule has 0 saturated heterocycles. The van der Waals surface area contributed by atoms with Gasteiger partial charge in [-0.3, -0.25) is 9.36 Å². The number of benzene rings is 3. The minimum Gasteiger partial charge on any atom is -0.292 e. The van der Waals surface area contributed by atoms with Crippen LogP contribution in [0.1, 0.15) is 28.0 Å². The number of aromatic nitrogens is 6. The Labute approximate surface area is 207 Å². The third-order valence-corrected chi connectivity index (χ3v) is 6.01. The predicted molar refractivity (Wildman–Crippen MR) is 137 cm³/mol. The molecule has 0 N–H and O–H groups in total. The number of carbonyl (C=O) groups excluding carboxylic acids is 1. The quantitative estimate of drug-likeness (QED) is 0.314. The van der Waals surface area contributed by atoms with Crippen LogP contribution >= 0.6 is 0 Å². The molecule has 0 radical (unpaired) electrons. The van der Waals surface area contributed by atoms with Crippen LogP contribution in [0.25, 0.3) is 16.8 Å². The summed E-state index contributed by atoms with van der Waals surface area (Å²) in [6.45, 7) is 4.15. The molecule has 36 heavy (non-hydrogen) atoms. The van der Waals surface area contributed by atoms with Gasteiger partial charge in [0.05, 0.1) is 12.2 Å². The number of hydrogen-bond donors (Lipinski definition) is 0. The van der Waals surface area contributed by atoms with E-state index in [-0.39, 0.29) is 11.6 Å². The zero-order valence-electron chi connectivity index (χ0n) is 19.6. The molecule has 8 heteroatoms. The Morgan fingerprint density at radius 3 is 2.42 bits per heavy atom. The van der Waals surface area contributed by atoms with Crippen LogP contribution in [0.2, 0.25) is 0 Å².